The van der Waals surface area contributed by atoms with Crippen LogP contribution in [-0.2, 0) is 0 Å². The van der Waals surface area contributed by atoms with Gasteiger partial charge in [-0.3, -0.25) is 0 Å². The van der Waals surface area contributed by atoms with Crippen molar-refractivity contribution >= 4 is 21.4 Å². The second kappa shape index (κ2) is 3.41. The molecule has 2 aromatic rings. The molecule has 79 valence electrons. The Morgan fingerprint density at radius 3 is 2.67 bits per heavy atom. The largest absolute Gasteiger partial charge is 0.573 e. The number of thiophene rings is 1. The van der Waals surface area contributed by atoms with Gasteiger partial charge in [0.15, 0.2) is 0 Å². The van der Waals surface area contributed by atoms with Gasteiger partial charge in [-0.25, -0.2) is 0 Å². The van der Waals surface area contributed by atoms with Crippen LogP contribution in [-0.4, -0.2) is 6.36 Å². The van der Waals surface area contributed by atoms with Crippen molar-refractivity contribution in [3.8, 4) is 5.75 Å². The Balaban J connectivity index is 2.52. The zero-order chi connectivity index (χ0) is 11.1. The van der Waals surface area contributed by atoms with E-state index in [9.17, 15) is 13.2 Å². The summed E-state index contributed by atoms with van der Waals surface area (Å²) in [5, 5.41) is 2.40. The first-order chi connectivity index (χ1) is 6.97. The molecule has 0 aliphatic carbocycles. The van der Waals surface area contributed by atoms with E-state index in [-0.39, 0.29) is 5.75 Å². The summed E-state index contributed by atoms with van der Waals surface area (Å²) in [6.45, 7) is 3.72. The van der Waals surface area contributed by atoms with Gasteiger partial charge in [0.05, 0.1) is 4.70 Å². The third-order valence-corrected chi connectivity index (χ3v) is 2.93. The fourth-order valence-electron chi connectivity index (χ4n) is 1.29. The molecule has 0 saturated carbocycles. The Labute approximate surface area is 88.1 Å². The minimum absolute atomic E-state index is 0.167. The van der Waals surface area contributed by atoms with Gasteiger partial charge in [0.2, 0.25) is 0 Å². The van der Waals surface area contributed by atoms with Gasteiger partial charge in [0, 0.05) is 0 Å². The number of hydrogen-bond acceptors (Lipinski definition) is 2. The summed E-state index contributed by atoms with van der Waals surface area (Å²) in [7, 11) is 0. The van der Waals surface area contributed by atoms with Crippen molar-refractivity contribution in [3.05, 3.63) is 36.1 Å². The molecule has 0 spiro atoms. The zero-order valence-electron chi connectivity index (χ0n) is 7.47. The van der Waals surface area contributed by atoms with Gasteiger partial charge in [-0.2, -0.15) is 0 Å². The molecule has 1 aromatic carbocycles. The van der Waals surface area contributed by atoms with Gasteiger partial charge in [0.1, 0.15) is 5.75 Å². The average Bonchev–Trinajstić information content (AvgIpc) is 2.47. The molecule has 0 aliphatic heterocycles. The lowest BCUT2D eigenvalue weighted by molar-refractivity contribution is -0.274. The Hall–Kier alpha value is -1.23. The van der Waals surface area contributed by atoms with Crippen molar-refractivity contribution in [3.63, 3.8) is 0 Å². The molecule has 0 N–H and O–H groups in total. The lowest BCUT2D eigenvalue weighted by atomic mass is 10.2. The Morgan fingerprint density at radius 2 is 2.00 bits per heavy atom. The number of hydrogen-bond donors (Lipinski definition) is 0. The maximum Gasteiger partial charge on any atom is 0.573 e. The highest BCUT2D eigenvalue weighted by Crippen LogP contribution is 2.35. The van der Waals surface area contributed by atoms with E-state index < -0.39 is 6.36 Å². The van der Waals surface area contributed by atoms with Gasteiger partial charge in [-0.1, -0.05) is 12.1 Å². The van der Waals surface area contributed by atoms with Gasteiger partial charge in [0.25, 0.3) is 0 Å². The summed E-state index contributed by atoms with van der Waals surface area (Å²) in [6, 6.07) is 4.54. The summed E-state index contributed by atoms with van der Waals surface area (Å²) in [4.78, 5) is 0. The molecule has 0 amide bonds. The smallest absolute Gasteiger partial charge is 0.404 e. The highest BCUT2D eigenvalue weighted by atomic mass is 32.1. The lowest BCUT2D eigenvalue weighted by Gasteiger charge is -2.09. The number of alkyl halides is 3. The monoisotopic (exact) mass is 231 g/mol. The maximum absolute atomic E-state index is 12.0. The highest BCUT2D eigenvalue weighted by Gasteiger charge is 2.32. The van der Waals surface area contributed by atoms with Crippen LogP contribution in [0.2, 0.25) is 0 Å². The van der Waals surface area contributed by atoms with E-state index in [1.807, 2.05) is 0 Å². The lowest BCUT2D eigenvalue weighted by Crippen LogP contribution is -2.17. The first kappa shape index (κ1) is 10.3. The van der Waals surface area contributed by atoms with Crippen LogP contribution in [0.5, 0.6) is 5.75 Å². The SMILES string of the molecule is [CH2]c1csc2c(OC(F)(F)F)cccc12. The van der Waals surface area contributed by atoms with E-state index in [1.165, 1.54) is 23.5 Å². The molecule has 5 heteroatoms. The maximum atomic E-state index is 12.0. The first-order valence-corrected chi connectivity index (χ1v) is 4.93. The minimum Gasteiger partial charge on any atom is -0.404 e. The molecule has 0 bridgehead atoms. The van der Waals surface area contributed by atoms with E-state index >= 15 is 0 Å². The summed E-state index contributed by atoms with van der Waals surface area (Å²) < 4.78 is 40.5. The topological polar surface area (TPSA) is 9.23 Å². The Morgan fingerprint density at radius 1 is 1.27 bits per heavy atom. The normalized spacial score (nSPS) is 12.0. The van der Waals surface area contributed by atoms with Gasteiger partial charge in [-0.05, 0) is 29.3 Å². The second-order valence-electron chi connectivity index (χ2n) is 2.94. The number of fused-ring (bicyclic) bond motifs is 1. The number of ether oxygens (including phenoxy) is 1. The summed E-state index contributed by atoms with van der Waals surface area (Å²) >= 11 is 1.19. The van der Waals surface area contributed by atoms with E-state index in [0.717, 1.165) is 0 Å². The fourth-order valence-corrected chi connectivity index (χ4v) is 2.23. The van der Waals surface area contributed by atoms with E-state index in [4.69, 9.17) is 0 Å². The third kappa shape index (κ3) is 2.07. The van der Waals surface area contributed by atoms with Crippen molar-refractivity contribution in [2.24, 2.45) is 0 Å². The molecule has 0 aliphatic rings. The number of rotatable bonds is 1. The standard InChI is InChI=1S/C10H6F3OS/c1-6-5-15-9-7(6)3-2-4-8(9)14-10(11,12)13/h2-5H,1H2. The number of benzene rings is 1. The summed E-state index contributed by atoms with van der Waals surface area (Å²) in [6.07, 6.45) is -4.65. The molecule has 1 aromatic heterocycles. The third-order valence-electron chi connectivity index (χ3n) is 1.87. The molecule has 0 atom stereocenters. The minimum atomic E-state index is -4.65. The quantitative estimate of drug-likeness (QED) is 0.721. The number of halogens is 3. The van der Waals surface area contributed by atoms with E-state index in [1.54, 1.807) is 11.4 Å². The second-order valence-corrected chi connectivity index (χ2v) is 3.82. The molecule has 0 unspecified atom stereocenters. The molecule has 1 radical (unpaired) electrons. The molecular formula is C10H6F3OS. The molecule has 1 heterocycles. The van der Waals surface area contributed by atoms with E-state index in [0.29, 0.717) is 15.6 Å². The first-order valence-electron chi connectivity index (χ1n) is 4.05. The van der Waals surface area contributed by atoms with E-state index in [2.05, 4.69) is 11.7 Å². The molecule has 0 fully saturated rings. The molecule has 0 saturated heterocycles. The van der Waals surface area contributed by atoms with Crippen LogP contribution < -0.4 is 4.74 Å². The Kier molecular flexibility index (Phi) is 2.34. The van der Waals surface area contributed by atoms with Gasteiger partial charge in [-0.15, -0.1) is 24.5 Å². The van der Waals surface area contributed by atoms with Gasteiger partial charge < -0.3 is 4.74 Å². The van der Waals surface area contributed by atoms with Crippen molar-refractivity contribution in [2.75, 3.05) is 0 Å². The molecule has 15 heavy (non-hydrogen) atoms. The Bertz CT molecular complexity index is 487. The van der Waals surface area contributed by atoms with Crippen LogP contribution in [0.25, 0.3) is 10.1 Å². The van der Waals surface area contributed by atoms with Crippen molar-refractivity contribution in [1.82, 2.24) is 0 Å². The average molecular weight is 231 g/mol. The summed E-state index contributed by atoms with van der Waals surface area (Å²) in [5.41, 5.74) is 0.711. The van der Waals surface area contributed by atoms with Crippen LogP contribution in [0.1, 0.15) is 5.56 Å². The molecule has 1 nitrogen and oxygen atoms in total. The summed E-state index contributed by atoms with van der Waals surface area (Å²) in [5.74, 6) is -0.167. The van der Waals surface area contributed by atoms with Crippen LogP contribution in [0.3, 0.4) is 0 Å². The van der Waals surface area contributed by atoms with Crippen LogP contribution in [0.15, 0.2) is 23.6 Å². The van der Waals surface area contributed by atoms with Crippen LogP contribution in [0.4, 0.5) is 13.2 Å². The van der Waals surface area contributed by atoms with Crippen molar-refractivity contribution < 1.29 is 17.9 Å². The predicted octanol–water partition coefficient (Wildman–Crippen LogP) is 3.98. The van der Waals surface area contributed by atoms with Crippen LogP contribution >= 0.6 is 11.3 Å². The fraction of sp³-hybridized carbons (Fsp3) is 0.100. The predicted molar refractivity (Wildman–Crippen MR) is 53.0 cm³/mol. The van der Waals surface area contributed by atoms with Gasteiger partial charge >= 0.3 is 6.36 Å². The zero-order valence-corrected chi connectivity index (χ0v) is 8.28. The highest BCUT2D eigenvalue weighted by molar-refractivity contribution is 7.17. The molecule has 2 rings (SSSR count). The molecular weight excluding hydrogens is 225 g/mol. The van der Waals surface area contributed by atoms with Crippen molar-refractivity contribution in [2.45, 2.75) is 6.36 Å². The van der Waals surface area contributed by atoms with Crippen molar-refractivity contribution in [1.29, 1.82) is 0 Å². The van der Waals surface area contributed by atoms with Crippen LogP contribution in [0, 0.1) is 6.92 Å².